The molecule has 0 aromatic heterocycles. The van der Waals surface area contributed by atoms with E-state index in [1.54, 1.807) is 23.1 Å². The van der Waals surface area contributed by atoms with E-state index in [1.807, 2.05) is 42.5 Å². The van der Waals surface area contributed by atoms with Gasteiger partial charge in [-0.25, -0.2) is 4.39 Å². The van der Waals surface area contributed by atoms with Crippen LogP contribution in [0.4, 0.5) is 15.8 Å². The number of ether oxygens (including phenoxy) is 2. The highest BCUT2D eigenvalue weighted by molar-refractivity contribution is 6.12. The smallest absolute Gasteiger partial charge is 0.266 e. The van der Waals surface area contributed by atoms with Crippen LogP contribution in [-0.4, -0.2) is 68.2 Å². The van der Waals surface area contributed by atoms with Crippen LogP contribution < -0.4 is 14.4 Å². The summed E-state index contributed by atoms with van der Waals surface area (Å²) in [5, 5.41) is 0. The fourth-order valence-electron chi connectivity index (χ4n) is 5.50. The van der Waals surface area contributed by atoms with Crippen LogP contribution in [0.15, 0.2) is 72.8 Å². The van der Waals surface area contributed by atoms with Crippen LogP contribution in [0.2, 0.25) is 0 Å². The molecule has 0 unspecified atom stereocenters. The molecule has 1 amide bonds. The molecule has 2 aliphatic heterocycles. The van der Waals surface area contributed by atoms with Crippen molar-refractivity contribution in [3.05, 3.63) is 84.2 Å². The highest BCUT2D eigenvalue weighted by Crippen LogP contribution is 2.32. The van der Waals surface area contributed by atoms with Crippen molar-refractivity contribution in [2.45, 2.75) is 38.5 Å². The summed E-state index contributed by atoms with van der Waals surface area (Å²) in [5.74, 6) is 0.719. The lowest BCUT2D eigenvalue weighted by Gasteiger charge is -2.27. The van der Waals surface area contributed by atoms with Gasteiger partial charge in [0.2, 0.25) is 0 Å². The van der Waals surface area contributed by atoms with Gasteiger partial charge in [-0.15, -0.1) is 0 Å². The van der Waals surface area contributed by atoms with E-state index in [-0.39, 0.29) is 11.7 Å². The molecular weight excluding hydrogens is 505 g/mol. The molecular formula is C33H40FN3O3. The van der Waals surface area contributed by atoms with Gasteiger partial charge in [0.25, 0.3) is 5.91 Å². The second-order valence-electron chi connectivity index (χ2n) is 10.6. The second kappa shape index (κ2) is 14.3. The van der Waals surface area contributed by atoms with Gasteiger partial charge in [-0.1, -0.05) is 25.0 Å². The predicted molar refractivity (Wildman–Crippen MR) is 157 cm³/mol. The fraction of sp³-hybridized carbons (Fsp3) is 0.424. The zero-order valence-electron chi connectivity index (χ0n) is 23.3. The molecule has 0 atom stereocenters. The Morgan fingerprint density at radius 1 is 0.675 bits per heavy atom. The number of hydrogen-bond acceptors (Lipinski definition) is 5. The van der Waals surface area contributed by atoms with Crippen molar-refractivity contribution in [1.82, 2.24) is 9.80 Å². The SMILES string of the molecule is O=C(c1ccccc1OCCN1CCCCC1)N(c1ccc(F)cc1)c1ccc(OCCN2CCCCC2)cc1. The van der Waals surface area contributed by atoms with Crippen LogP contribution >= 0.6 is 0 Å². The minimum Gasteiger partial charge on any atom is -0.492 e. The van der Waals surface area contributed by atoms with Crippen molar-refractivity contribution in [3.8, 4) is 11.5 Å². The molecule has 0 radical (unpaired) electrons. The van der Waals surface area contributed by atoms with Crippen molar-refractivity contribution in [2.75, 3.05) is 57.4 Å². The zero-order valence-corrected chi connectivity index (χ0v) is 23.3. The summed E-state index contributed by atoms with van der Waals surface area (Å²) >= 11 is 0. The van der Waals surface area contributed by atoms with Crippen LogP contribution in [0.1, 0.15) is 48.9 Å². The molecule has 0 aliphatic carbocycles. The number of carbonyl (C=O) groups excluding carboxylic acids is 1. The lowest BCUT2D eigenvalue weighted by Crippen LogP contribution is -2.33. The number of likely N-dealkylation sites (tertiary alicyclic amines) is 2. The molecule has 0 spiro atoms. The third-order valence-corrected chi connectivity index (χ3v) is 7.74. The van der Waals surface area contributed by atoms with Crippen molar-refractivity contribution in [1.29, 1.82) is 0 Å². The molecule has 0 saturated carbocycles. The standard InChI is InChI=1S/C33H40FN3O3/c34-27-11-13-28(14-12-27)37(29-15-17-30(18-16-29)39-25-23-35-19-5-1-6-20-35)33(38)31-9-3-4-10-32(31)40-26-24-36-21-7-2-8-22-36/h3-4,9-18H,1-2,5-8,19-26H2. The molecule has 0 bridgehead atoms. The van der Waals surface area contributed by atoms with Crippen LogP contribution in [0, 0.1) is 5.82 Å². The number of para-hydroxylation sites is 1. The molecule has 3 aromatic rings. The molecule has 212 valence electrons. The molecule has 5 rings (SSSR count). The average Bonchev–Trinajstić information content (AvgIpc) is 3.00. The summed E-state index contributed by atoms with van der Waals surface area (Å²) in [6, 6.07) is 20.8. The minimum absolute atomic E-state index is 0.237. The van der Waals surface area contributed by atoms with Gasteiger partial charge in [0.05, 0.1) is 5.56 Å². The summed E-state index contributed by atoms with van der Waals surface area (Å²) in [7, 11) is 0. The average molecular weight is 546 g/mol. The van der Waals surface area contributed by atoms with Gasteiger partial charge >= 0.3 is 0 Å². The Hall–Kier alpha value is -3.42. The molecule has 2 fully saturated rings. The highest BCUT2D eigenvalue weighted by Gasteiger charge is 2.23. The first kappa shape index (κ1) is 28.1. The summed E-state index contributed by atoms with van der Waals surface area (Å²) in [4.78, 5) is 20.5. The quantitative estimate of drug-likeness (QED) is 0.274. The van der Waals surface area contributed by atoms with Crippen LogP contribution in [0.3, 0.4) is 0 Å². The molecule has 6 nitrogen and oxygen atoms in total. The first-order valence-corrected chi connectivity index (χ1v) is 14.7. The van der Waals surface area contributed by atoms with Crippen molar-refractivity contribution in [2.24, 2.45) is 0 Å². The summed E-state index contributed by atoms with van der Waals surface area (Å²) in [5.41, 5.74) is 1.71. The Bertz CT molecular complexity index is 1210. The van der Waals surface area contributed by atoms with E-state index >= 15 is 0 Å². The van der Waals surface area contributed by atoms with Gasteiger partial charge in [0, 0.05) is 24.5 Å². The molecule has 3 aromatic carbocycles. The van der Waals surface area contributed by atoms with E-state index in [4.69, 9.17) is 9.47 Å². The molecule has 2 aliphatic rings. The maximum Gasteiger partial charge on any atom is 0.266 e. The zero-order chi connectivity index (χ0) is 27.6. The predicted octanol–water partition coefficient (Wildman–Crippen LogP) is 6.53. The van der Waals surface area contributed by atoms with Gasteiger partial charge in [-0.05, 0) is 113 Å². The van der Waals surface area contributed by atoms with E-state index in [0.29, 0.717) is 35.9 Å². The lowest BCUT2D eigenvalue weighted by atomic mass is 10.1. The molecule has 40 heavy (non-hydrogen) atoms. The number of rotatable bonds is 11. The number of amides is 1. The minimum atomic E-state index is -0.352. The number of hydrogen-bond donors (Lipinski definition) is 0. The lowest BCUT2D eigenvalue weighted by molar-refractivity contribution is 0.0994. The number of piperidine rings is 2. The largest absolute Gasteiger partial charge is 0.492 e. The Morgan fingerprint density at radius 2 is 1.20 bits per heavy atom. The normalized spacial score (nSPS) is 16.4. The maximum absolute atomic E-state index is 14.1. The molecule has 2 saturated heterocycles. The molecule has 0 N–H and O–H groups in total. The molecule has 2 heterocycles. The first-order valence-electron chi connectivity index (χ1n) is 14.7. The fourth-order valence-corrected chi connectivity index (χ4v) is 5.50. The maximum atomic E-state index is 14.1. The van der Waals surface area contributed by atoms with Gasteiger partial charge in [-0.2, -0.15) is 0 Å². The Morgan fingerprint density at radius 3 is 1.80 bits per heavy atom. The number of benzene rings is 3. The monoisotopic (exact) mass is 545 g/mol. The number of nitrogens with zero attached hydrogens (tertiary/aromatic N) is 3. The number of carbonyl (C=O) groups is 1. The third-order valence-electron chi connectivity index (χ3n) is 7.74. The van der Waals surface area contributed by atoms with Crippen LogP contribution in [0.5, 0.6) is 11.5 Å². The summed E-state index contributed by atoms with van der Waals surface area (Å²) in [6.45, 7) is 7.37. The van der Waals surface area contributed by atoms with Crippen molar-refractivity contribution < 1.29 is 18.7 Å². The van der Waals surface area contributed by atoms with E-state index in [1.165, 1.54) is 50.7 Å². The summed E-state index contributed by atoms with van der Waals surface area (Å²) < 4.78 is 25.9. The van der Waals surface area contributed by atoms with Gasteiger partial charge < -0.3 is 9.47 Å². The molecule has 7 heteroatoms. The first-order chi connectivity index (χ1) is 19.7. The van der Waals surface area contributed by atoms with Crippen LogP contribution in [-0.2, 0) is 0 Å². The van der Waals surface area contributed by atoms with E-state index in [2.05, 4.69) is 9.80 Å². The van der Waals surface area contributed by atoms with Gasteiger partial charge in [-0.3, -0.25) is 19.5 Å². The highest BCUT2D eigenvalue weighted by atomic mass is 19.1. The third kappa shape index (κ3) is 7.61. The van der Waals surface area contributed by atoms with E-state index in [9.17, 15) is 9.18 Å². The second-order valence-corrected chi connectivity index (χ2v) is 10.6. The number of anilines is 2. The summed E-state index contributed by atoms with van der Waals surface area (Å²) in [6.07, 6.45) is 7.58. The topological polar surface area (TPSA) is 45.3 Å². The Labute approximate surface area is 237 Å². The van der Waals surface area contributed by atoms with Gasteiger partial charge in [0.1, 0.15) is 30.5 Å². The van der Waals surface area contributed by atoms with E-state index in [0.717, 1.165) is 45.0 Å². The van der Waals surface area contributed by atoms with Crippen molar-refractivity contribution in [3.63, 3.8) is 0 Å². The van der Waals surface area contributed by atoms with Gasteiger partial charge in [0.15, 0.2) is 0 Å². The Kier molecular flexibility index (Phi) is 10.0. The Balaban J connectivity index is 1.30. The van der Waals surface area contributed by atoms with Crippen LogP contribution in [0.25, 0.3) is 0 Å². The van der Waals surface area contributed by atoms with E-state index < -0.39 is 0 Å². The van der Waals surface area contributed by atoms with Crippen molar-refractivity contribution >= 4 is 17.3 Å². The number of halogens is 1.